The first-order valence-electron chi connectivity index (χ1n) is 23.5. The number of ether oxygens (including phenoxy) is 2. The van der Waals surface area contributed by atoms with E-state index in [2.05, 4.69) is 75.1 Å². The molecular weight excluding hydrogens is 902 g/mol. The van der Waals surface area contributed by atoms with Gasteiger partial charge in [-0.05, 0) is 97.1 Å². The third kappa shape index (κ3) is 9.87. The van der Waals surface area contributed by atoms with Crippen molar-refractivity contribution in [2.75, 3.05) is 49.6 Å². The zero-order valence-corrected chi connectivity index (χ0v) is 39.2. The fraction of sp³-hybridized carbons (Fsp3) is 0.490. The number of nitro groups is 1. The predicted octanol–water partition coefficient (Wildman–Crippen LogP) is 9.98. The maximum Gasteiger partial charge on any atom is 0.434 e. The minimum absolute atomic E-state index is 0.0445. The number of pyridine rings is 2. The normalized spacial score (nSPS) is 21.5. The number of amides is 1. The monoisotopic (exact) mass is 958 g/mol. The Morgan fingerprint density at radius 3 is 2.51 bits per heavy atom. The maximum absolute atomic E-state index is 14.6. The Hall–Kier alpha value is -5.79. The van der Waals surface area contributed by atoms with Gasteiger partial charge in [0, 0.05) is 61.6 Å². The van der Waals surface area contributed by atoms with Crippen molar-refractivity contribution >= 4 is 44.2 Å². The second-order valence-corrected chi connectivity index (χ2v) is 21.1. The minimum atomic E-state index is -5.43. The molecule has 1 atom stereocenters. The summed E-state index contributed by atoms with van der Waals surface area (Å²) in [5, 5.41) is 15.6. The van der Waals surface area contributed by atoms with E-state index in [0.29, 0.717) is 67.0 Å². The molecule has 15 nitrogen and oxygen atoms in total. The number of anilines is 2. The Morgan fingerprint density at radius 1 is 1.04 bits per heavy atom. The number of aromatic nitrogens is 3. The molecule has 9 rings (SSSR count). The topological polar surface area (TPSA) is 185 Å². The van der Waals surface area contributed by atoms with Crippen LogP contribution in [0, 0.1) is 27.4 Å². The summed E-state index contributed by atoms with van der Waals surface area (Å²) in [5.74, 6) is -0.945. The van der Waals surface area contributed by atoms with Crippen molar-refractivity contribution in [3.05, 3.63) is 106 Å². The average Bonchev–Trinajstić information content (AvgIpc) is 3.78. The highest BCUT2D eigenvalue weighted by Gasteiger charge is 2.50. The van der Waals surface area contributed by atoms with Gasteiger partial charge in [0.25, 0.3) is 15.9 Å². The van der Waals surface area contributed by atoms with Crippen molar-refractivity contribution in [1.82, 2.24) is 24.6 Å². The molecule has 0 radical (unpaired) electrons. The van der Waals surface area contributed by atoms with E-state index in [1.165, 1.54) is 23.4 Å². The van der Waals surface area contributed by atoms with Gasteiger partial charge in [0.1, 0.15) is 22.0 Å². The molecular formula is C49H57F3N8O7S. The highest BCUT2D eigenvalue weighted by Crippen LogP contribution is 2.53. The summed E-state index contributed by atoms with van der Waals surface area (Å²) in [6.07, 6.45) is 5.14. The third-order valence-corrected chi connectivity index (χ3v) is 15.9. The number of hydrogen-bond acceptors (Lipinski definition) is 12. The molecule has 2 aromatic carbocycles. The number of alkyl halides is 3. The Balaban J connectivity index is 0.942. The van der Waals surface area contributed by atoms with Crippen LogP contribution in [0.25, 0.3) is 11.0 Å². The molecule has 2 aliphatic heterocycles. The molecule has 3 N–H and O–H groups in total. The first-order chi connectivity index (χ1) is 32.5. The fourth-order valence-corrected chi connectivity index (χ4v) is 11.9. The number of fused-ring (bicyclic) bond motifs is 1. The summed E-state index contributed by atoms with van der Waals surface area (Å²) in [5.41, 5.74) is 0.949. The molecule has 2 saturated carbocycles. The van der Waals surface area contributed by atoms with Crippen LogP contribution < -0.4 is 19.7 Å². The van der Waals surface area contributed by atoms with Crippen LogP contribution in [0.3, 0.4) is 0 Å². The van der Waals surface area contributed by atoms with Crippen LogP contribution in [0.4, 0.5) is 30.4 Å². The van der Waals surface area contributed by atoms with Crippen LogP contribution in [-0.2, 0) is 20.9 Å². The number of rotatable bonds is 13. The second kappa shape index (κ2) is 19.0. The van der Waals surface area contributed by atoms with E-state index in [0.717, 1.165) is 57.9 Å². The van der Waals surface area contributed by atoms with Crippen LogP contribution in [0.15, 0.2) is 78.0 Å². The van der Waals surface area contributed by atoms with Gasteiger partial charge in [-0.2, -0.15) is 13.2 Å². The first kappa shape index (κ1) is 47.3. The summed E-state index contributed by atoms with van der Waals surface area (Å²) < 4.78 is 85.6. The highest BCUT2D eigenvalue weighted by atomic mass is 32.2. The van der Waals surface area contributed by atoms with Crippen LogP contribution in [0.5, 0.6) is 11.5 Å². The lowest BCUT2D eigenvalue weighted by Crippen LogP contribution is -2.58. The Bertz CT molecular complexity index is 2780. The van der Waals surface area contributed by atoms with E-state index in [1.54, 1.807) is 35.2 Å². The lowest BCUT2D eigenvalue weighted by atomic mass is 9.59. The number of piperidine rings is 1. The predicted molar refractivity (Wildman–Crippen MR) is 250 cm³/mol. The number of nitrogens with zero attached hydrogens (tertiary/aromatic N) is 5. The van der Waals surface area contributed by atoms with Gasteiger partial charge in [0.15, 0.2) is 5.69 Å². The number of hydrogen-bond donors (Lipinski definition) is 3. The molecule has 5 heterocycles. The van der Waals surface area contributed by atoms with E-state index in [4.69, 9.17) is 9.47 Å². The van der Waals surface area contributed by atoms with Crippen LogP contribution in [-0.4, -0.2) is 84.5 Å². The largest absolute Gasteiger partial charge is 0.455 e. The molecule has 362 valence electrons. The summed E-state index contributed by atoms with van der Waals surface area (Å²) in [4.78, 5) is 39.3. The van der Waals surface area contributed by atoms with Crippen molar-refractivity contribution in [2.45, 2.75) is 101 Å². The van der Waals surface area contributed by atoms with Crippen molar-refractivity contribution in [3.8, 4) is 11.5 Å². The van der Waals surface area contributed by atoms with Gasteiger partial charge in [-0.15, -0.1) is 0 Å². The molecule has 5 aromatic rings. The Morgan fingerprint density at radius 2 is 1.79 bits per heavy atom. The van der Waals surface area contributed by atoms with Gasteiger partial charge in [-0.1, -0.05) is 57.9 Å². The summed E-state index contributed by atoms with van der Waals surface area (Å²) in [6.45, 7) is 10.3. The molecule has 1 amide bonds. The lowest BCUT2D eigenvalue weighted by Gasteiger charge is -2.57. The zero-order valence-electron chi connectivity index (χ0n) is 38.4. The molecule has 0 unspecified atom stereocenters. The van der Waals surface area contributed by atoms with Gasteiger partial charge >= 0.3 is 11.9 Å². The summed E-state index contributed by atoms with van der Waals surface area (Å²) >= 11 is 0. The lowest BCUT2D eigenvalue weighted by molar-refractivity contribution is -0.384. The molecule has 1 spiro atoms. The Labute approximate surface area is 393 Å². The SMILES string of the molecule is CC1CCC(CNc2nc(C(F)(F)F)c(S(=O)(=O)NC(=O)c3ccc(N4CCC5(CC4)CC(N4CCOC[C@H]4c4ccccc4C(C)C)C5)cc3Oc3cnc4[nH]ccc4c3)cc2[N+](=O)[O-])CC1. The molecule has 0 bridgehead atoms. The molecule has 19 heteroatoms. The number of carbonyl (C=O) groups excluding carboxylic acids is 1. The average molecular weight is 959 g/mol. The Kier molecular flexibility index (Phi) is 13.2. The molecule has 68 heavy (non-hydrogen) atoms. The van der Waals surface area contributed by atoms with Crippen molar-refractivity contribution < 1.29 is 40.8 Å². The van der Waals surface area contributed by atoms with Crippen molar-refractivity contribution in [2.24, 2.45) is 17.3 Å². The van der Waals surface area contributed by atoms with Gasteiger partial charge in [-0.3, -0.25) is 19.8 Å². The second-order valence-electron chi connectivity index (χ2n) is 19.4. The van der Waals surface area contributed by atoms with E-state index < -0.39 is 49.1 Å². The number of H-pyrrole nitrogens is 1. The molecule has 3 aromatic heterocycles. The fourth-order valence-electron chi connectivity index (χ4n) is 10.7. The van der Waals surface area contributed by atoms with Crippen molar-refractivity contribution in [1.29, 1.82) is 0 Å². The van der Waals surface area contributed by atoms with Crippen LogP contribution >= 0.6 is 0 Å². The summed E-state index contributed by atoms with van der Waals surface area (Å²) in [6, 6.07) is 17.7. The van der Waals surface area contributed by atoms with E-state index >= 15 is 0 Å². The standard InChI is InChI=1S/C49H57F3N8O7S/c1-30(2)37-6-4-5-7-38(37)41-29-66-21-20-59(41)35-25-48(26-35)15-18-58(19-16-48)34-12-13-39(42(23-34)67-36-22-33-14-17-53-45(33)55-28-36)47(61)57-68(64,65)43-24-40(60(62)63)46(56-44(43)49(50,51)52)54-27-32-10-8-31(3)9-11-32/h4-7,12-14,17,22-24,28,30-32,35,41H,8-11,15-16,18-21,25-27,29H2,1-3H3,(H,53,55)(H,54,56)(H,57,61)/t31?,32?,41-/m0/s1. The number of aromatic amines is 1. The summed E-state index contributed by atoms with van der Waals surface area (Å²) in [7, 11) is -5.43. The molecule has 2 saturated heterocycles. The molecule has 2 aliphatic carbocycles. The van der Waals surface area contributed by atoms with Gasteiger partial charge < -0.3 is 24.7 Å². The molecule has 4 fully saturated rings. The number of carbonyl (C=O) groups is 1. The van der Waals surface area contributed by atoms with E-state index in [-0.39, 0.29) is 41.0 Å². The quantitative estimate of drug-likeness (QED) is 0.0751. The zero-order chi connectivity index (χ0) is 48.0. The van der Waals surface area contributed by atoms with Gasteiger partial charge in [0.05, 0.1) is 35.9 Å². The number of morpholine rings is 1. The third-order valence-electron chi connectivity index (χ3n) is 14.6. The number of halogens is 3. The van der Waals surface area contributed by atoms with Crippen LogP contribution in [0.2, 0.25) is 0 Å². The first-order valence-corrected chi connectivity index (χ1v) is 25.0. The number of sulfonamides is 1. The van der Waals surface area contributed by atoms with Crippen LogP contribution in [0.1, 0.15) is 111 Å². The smallest absolute Gasteiger partial charge is 0.434 e. The van der Waals surface area contributed by atoms with Gasteiger partial charge in [-0.25, -0.2) is 23.1 Å². The molecule has 4 aliphatic rings. The van der Waals surface area contributed by atoms with Gasteiger partial charge in [0.2, 0.25) is 5.82 Å². The van der Waals surface area contributed by atoms with E-state index in [1.807, 2.05) is 0 Å². The maximum atomic E-state index is 14.6. The highest BCUT2D eigenvalue weighted by molar-refractivity contribution is 7.90. The van der Waals surface area contributed by atoms with E-state index in [9.17, 15) is 36.5 Å². The van der Waals surface area contributed by atoms with Crippen molar-refractivity contribution in [3.63, 3.8) is 0 Å². The number of nitrogens with one attached hydrogen (secondary N) is 3. The number of benzene rings is 2. The minimum Gasteiger partial charge on any atom is -0.455 e.